The Balaban J connectivity index is 1.66. The number of nitriles is 1. The van der Waals surface area contributed by atoms with Gasteiger partial charge in [-0.25, -0.2) is 4.98 Å². The molecule has 0 fully saturated rings. The zero-order valence-corrected chi connectivity index (χ0v) is 21.4. The van der Waals surface area contributed by atoms with Gasteiger partial charge in [0.1, 0.15) is 24.3 Å². The molecule has 0 aliphatic heterocycles. The van der Waals surface area contributed by atoms with Crippen molar-refractivity contribution in [2.45, 2.75) is 33.0 Å². The van der Waals surface area contributed by atoms with Crippen LogP contribution in [-0.2, 0) is 23.9 Å². The van der Waals surface area contributed by atoms with Crippen LogP contribution in [0.2, 0.25) is 5.02 Å². The fraction of sp³-hybridized carbons (Fsp3) is 0.222. The Morgan fingerprint density at radius 1 is 1.15 bits per heavy atom. The summed E-state index contributed by atoms with van der Waals surface area (Å²) < 4.78 is 46.9. The first-order valence-corrected chi connectivity index (χ1v) is 11.9. The van der Waals surface area contributed by atoms with Crippen LogP contribution in [0.25, 0.3) is 22.0 Å². The molecule has 200 valence electrons. The van der Waals surface area contributed by atoms with E-state index in [4.69, 9.17) is 21.4 Å². The normalized spacial score (nSPS) is 11.4. The maximum absolute atomic E-state index is 13.2. The molecule has 2 heterocycles. The SMILES string of the molecule is Cc1cc(-c2cc(Cl)ccc2OCCn2c(C)nc3cc(C(F)(F)F)cc(C#N)c3c2=O)cc(CC(=O)O)n1. The highest BCUT2D eigenvalue weighted by molar-refractivity contribution is 6.31. The summed E-state index contributed by atoms with van der Waals surface area (Å²) in [5, 5.41) is 18.8. The summed E-state index contributed by atoms with van der Waals surface area (Å²) in [7, 11) is 0. The molecule has 0 radical (unpaired) electrons. The molecule has 0 spiro atoms. The number of carboxylic acid groups (broad SMARTS) is 1. The number of halogens is 4. The van der Waals surface area contributed by atoms with E-state index >= 15 is 0 Å². The number of aryl methyl sites for hydroxylation is 2. The number of nitrogens with zero attached hydrogens (tertiary/aromatic N) is 4. The van der Waals surface area contributed by atoms with Gasteiger partial charge >= 0.3 is 12.1 Å². The Kier molecular flexibility index (Phi) is 7.60. The first-order valence-electron chi connectivity index (χ1n) is 11.5. The monoisotopic (exact) mass is 556 g/mol. The zero-order chi connectivity index (χ0) is 28.5. The van der Waals surface area contributed by atoms with Crippen molar-refractivity contribution in [3.05, 3.63) is 86.2 Å². The van der Waals surface area contributed by atoms with Crippen LogP contribution in [0.5, 0.6) is 5.75 Å². The van der Waals surface area contributed by atoms with Gasteiger partial charge in [0.15, 0.2) is 0 Å². The van der Waals surface area contributed by atoms with Crippen molar-refractivity contribution in [2.75, 3.05) is 6.61 Å². The van der Waals surface area contributed by atoms with Gasteiger partial charge < -0.3 is 9.84 Å². The first-order chi connectivity index (χ1) is 18.4. The highest BCUT2D eigenvalue weighted by atomic mass is 35.5. The summed E-state index contributed by atoms with van der Waals surface area (Å²) >= 11 is 6.21. The Morgan fingerprint density at radius 2 is 1.90 bits per heavy atom. The van der Waals surface area contributed by atoms with E-state index in [9.17, 15) is 28.0 Å². The summed E-state index contributed by atoms with van der Waals surface area (Å²) in [6.45, 7) is 3.16. The largest absolute Gasteiger partial charge is 0.491 e. The smallest absolute Gasteiger partial charge is 0.416 e. The number of carboxylic acids is 1. The van der Waals surface area contributed by atoms with E-state index in [0.29, 0.717) is 39.4 Å². The van der Waals surface area contributed by atoms with Gasteiger partial charge in [-0.05, 0) is 61.9 Å². The van der Waals surface area contributed by atoms with Gasteiger partial charge in [-0.2, -0.15) is 18.4 Å². The predicted molar refractivity (Wildman–Crippen MR) is 137 cm³/mol. The van der Waals surface area contributed by atoms with Gasteiger partial charge in [-0.15, -0.1) is 0 Å². The van der Waals surface area contributed by atoms with Crippen LogP contribution in [0.1, 0.15) is 28.3 Å². The maximum atomic E-state index is 13.2. The molecule has 8 nitrogen and oxygen atoms in total. The number of carbonyl (C=O) groups is 1. The molecule has 0 amide bonds. The van der Waals surface area contributed by atoms with Crippen molar-refractivity contribution in [2.24, 2.45) is 0 Å². The number of pyridine rings is 1. The Hall–Kier alpha value is -4.43. The van der Waals surface area contributed by atoms with Crippen LogP contribution < -0.4 is 10.3 Å². The minimum Gasteiger partial charge on any atom is -0.491 e. The van der Waals surface area contributed by atoms with E-state index in [-0.39, 0.29) is 36.3 Å². The molecule has 0 aliphatic rings. The molecule has 0 saturated carbocycles. The van der Waals surface area contributed by atoms with Gasteiger partial charge in [-0.1, -0.05) is 11.6 Å². The Labute approximate surface area is 224 Å². The summed E-state index contributed by atoms with van der Waals surface area (Å²) in [6.07, 6.45) is -4.96. The quantitative estimate of drug-likeness (QED) is 0.327. The van der Waals surface area contributed by atoms with Crippen LogP contribution >= 0.6 is 11.6 Å². The van der Waals surface area contributed by atoms with Crippen molar-refractivity contribution >= 4 is 28.5 Å². The number of fused-ring (bicyclic) bond motifs is 1. The van der Waals surface area contributed by atoms with Gasteiger partial charge in [0, 0.05) is 16.3 Å². The summed E-state index contributed by atoms with van der Waals surface area (Å²) in [4.78, 5) is 32.8. The molecule has 1 N–H and O–H groups in total. The molecule has 2 aromatic carbocycles. The van der Waals surface area contributed by atoms with Gasteiger partial charge in [0.2, 0.25) is 0 Å². The number of hydrogen-bond donors (Lipinski definition) is 1. The molecular formula is C27H20ClF3N4O4. The molecule has 39 heavy (non-hydrogen) atoms. The third-order valence-corrected chi connectivity index (χ3v) is 6.10. The van der Waals surface area contributed by atoms with E-state index in [1.54, 1.807) is 43.3 Å². The molecule has 0 atom stereocenters. The number of ether oxygens (including phenoxy) is 1. The predicted octanol–water partition coefficient (Wildman–Crippen LogP) is 5.33. The van der Waals surface area contributed by atoms with Gasteiger partial charge in [-0.3, -0.25) is 19.1 Å². The molecule has 2 aromatic heterocycles. The fourth-order valence-corrected chi connectivity index (χ4v) is 4.38. The van der Waals surface area contributed by atoms with Crippen LogP contribution in [0, 0.1) is 25.2 Å². The molecular weight excluding hydrogens is 537 g/mol. The number of hydrogen-bond acceptors (Lipinski definition) is 6. The van der Waals surface area contributed by atoms with E-state index < -0.39 is 28.8 Å². The van der Waals surface area contributed by atoms with Crippen molar-refractivity contribution in [1.29, 1.82) is 5.26 Å². The molecule has 0 aliphatic carbocycles. The number of aromatic nitrogens is 3. The van der Waals surface area contributed by atoms with Gasteiger partial charge in [0.05, 0.1) is 40.7 Å². The van der Waals surface area contributed by atoms with Crippen molar-refractivity contribution in [3.8, 4) is 22.9 Å². The topological polar surface area (TPSA) is 118 Å². The lowest BCUT2D eigenvalue weighted by atomic mass is 10.0. The summed E-state index contributed by atoms with van der Waals surface area (Å²) in [6, 6.07) is 11.3. The molecule has 0 saturated heterocycles. The number of aliphatic carboxylic acids is 1. The standard InChI is InChI=1S/C27H20ClF3N4O4/c1-14-7-16(9-20(33-14)12-24(36)37)21-11-19(28)3-4-23(21)39-6-5-35-15(2)34-22-10-18(27(29,30)31)8-17(13-32)25(22)26(35)38/h3-4,7-11H,5-6,12H2,1-2H3,(H,36,37). The zero-order valence-electron chi connectivity index (χ0n) is 20.6. The van der Waals surface area contributed by atoms with Crippen molar-refractivity contribution in [1.82, 2.24) is 14.5 Å². The first kappa shape index (κ1) is 27.6. The number of rotatable bonds is 7. The second-order valence-corrected chi connectivity index (χ2v) is 9.13. The minimum absolute atomic E-state index is 0.0127. The van der Waals surface area contributed by atoms with Crippen LogP contribution in [0.15, 0.2) is 47.3 Å². The number of alkyl halides is 3. The van der Waals surface area contributed by atoms with Gasteiger partial charge in [0.25, 0.3) is 5.56 Å². The second-order valence-electron chi connectivity index (χ2n) is 8.69. The molecule has 4 aromatic rings. The van der Waals surface area contributed by atoms with Crippen LogP contribution in [0.4, 0.5) is 13.2 Å². The average Bonchev–Trinajstić information content (AvgIpc) is 2.84. The van der Waals surface area contributed by atoms with E-state index in [2.05, 4.69) is 9.97 Å². The third kappa shape index (κ3) is 6.02. The number of benzene rings is 2. The summed E-state index contributed by atoms with van der Waals surface area (Å²) in [5.74, 6) is -0.474. The van der Waals surface area contributed by atoms with Crippen LogP contribution in [-0.4, -0.2) is 32.2 Å². The maximum Gasteiger partial charge on any atom is 0.416 e. The van der Waals surface area contributed by atoms with E-state index in [1.165, 1.54) is 11.5 Å². The lowest BCUT2D eigenvalue weighted by molar-refractivity contribution is -0.138. The minimum atomic E-state index is -4.70. The van der Waals surface area contributed by atoms with E-state index in [1.807, 2.05) is 0 Å². The highest BCUT2D eigenvalue weighted by Gasteiger charge is 2.32. The molecule has 0 unspecified atom stereocenters. The van der Waals surface area contributed by atoms with Crippen molar-refractivity contribution in [3.63, 3.8) is 0 Å². The molecule has 12 heteroatoms. The Bertz CT molecular complexity index is 1710. The average molecular weight is 557 g/mol. The third-order valence-electron chi connectivity index (χ3n) is 5.86. The summed E-state index contributed by atoms with van der Waals surface area (Å²) in [5.41, 5.74) is -0.194. The lowest BCUT2D eigenvalue weighted by Crippen LogP contribution is -2.27. The van der Waals surface area contributed by atoms with E-state index in [0.717, 1.165) is 6.07 Å². The second kappa shape index (κ2) is 10.7. The van der Waals surface area contributed by atoms with Crippen LogP contribution in [0.3, 0.4) is 0 Å². The highest BCUT2D eigenvalue weighted by Crippen LogP contribution is 2.34. The Morgan fingerprint density at radius 3 is 2.56 bits per heavy atom. The molecule has 0 bridgehead atoms. The lowest BCUT2D eigenvalue weighted by Gasteiger charge is -2.16. The fourth-order valence-electron chi connectivity index (χ4n) is 4.21. The van der Waals surface area contributed by atoms with Crippen molar-refractivity contribution < 1.29 is 27.8 Å². The molecule has 4 rings (SSSR count).